The van der Waals surface area contributed by atoms with Crippen molar-refractivity contribution in [3.05, 3.63) is 57.6 Å². The summed E-state index contributed by atoms with van der Waals surface area (Å²) in [6, 6.07) is 10.4. The fraction of sp³-hybridized carbons (Fsp3) is 0.188. The quantitative estimate of drug-likeness (QED) is 0.497. The van der Waals surface area contributed by atoms with Crippen molar-refractivity contribution in [2.75, 3.05) is 13.9 Å². The molecule has 1 heterocycles. The summed E-state index contributed by atoms with van der Waals surface area (Å²) in [6.45, 7) is 0.484. The molecule has 0 radical (unpaired) electrons. The number of ether oxygens (including phenoxy) is 3. The molecule has 0 unspecified atom stereocenters. The summed E-state index contributed by atoms with van der Waals surface area (Å²) < 4.78 is 15.6. The van der Waals surface area contributed by atoms with E-state index in [-0.39, 0.29) is 12.5 Å². The van der Waals surface area contributed by atoms with Crippen LogP contribution in [0.3, 0.4) is 0 Å². The molecule has 124 valence electrons. The second kappa shape index (κ2) is 6.86. The van der Waals surface area contributed by atoms with Crippen LogP contribution < -0.4 is 19.6 Å². The van der Waals surface area contributed by atoms with Crippen LogP contribution in [0.5, 0.6) is 17.2 Å². The molecular formula is C16H15N3O5. The number of hydrazone groups is 1. The fourth-order valence-electron chi connectivity index (χ4n) is 2.30. The molecule has 0 fully saturated rings. The highest BCUT2D eigenvalue weighted by atomic mass is 16.7. The number of para-hydroxylation sites is 1. The van der Waals surface area contributed by atoms with Gasteiger partial charge in [0.05, 0.1) is 36.4 Å². The molecule has 0 amide bonds. The van der Waals surface area contributed by atoms with E-state index in [1.54, 1.807) is 7.11 Å². The predicted octanol–water partition coefficient (Wildman–Crippen LogP) is 2.46. The third-order valence-electron chi connectivity index (χ3n) is 3.48. The minimum atomic E-state index is -0.483. The van der Waals surface area contributed by atoms with E-state index < -0.39 is 4.92 Å². The van der Waals surface area contributed by atoms with E-state index in [2.05, 4.69) is 10.5 Å². The van der Waals surface area contributed by atoms with Crippen molar-refractivity contribution < 1.29 is 19.1 Å². The number of hydrogen-bond donors (Lipinski definition) is 1. The van der Waals surface area contributed by atoms with Crippen LogP contribution in [0.25, 0.3) is 0 Å². The van der Waals surface area contributed by atoms with E-state index >= 15 is 0 Å². The maximum Gasteiger partial charge on any atom is 0.282 e. The highest BCUT2D eigenvalue weighted by molar-refractivity contribution is 5.87. The van der Waals surface area contributed by atoms with Crippen LogP contribution in [0.2, 0.25) is 0 Å². The van der Waals surface area contributed by atoms with E-state index in [0.29, 0.717) is 23.6 Å². The van der Waals surface area contributed by atoms with Crippen LogP contribution in [0, 0.1) is 10.1 Å². The molecule has 0 spiro atoms. The molecule has 8 nitrogen and oxygen atoms in total. The van der Waals surface area contributed by atoms with Gasteiger partial charge in [0, 0.05) is 5.56 Å². The zero-order valence-corrected chi connectivity index (χ0v) is 12.9. The van der Waals surface area contributed by atoms with Gasteiger partial charge in [-0.2, -0.15) is 5.10 Å². The molecule has 0 saturated carbocycles. The maximum absolute atomic E-state index is 11.2. The Morgan fingerprint density at radius 3 is 2.83 bits per heavy atom. The molecular weight excluding hydrogens is 314 g/mol. The molecule has 0 saturated heterocycles. The molecule has 1 aliphatic heterocycles. The van der Waals surface area contributed by atoms with E-state index in [9.17, 15) is 10.1 Å². The summed E-state index contributed by atoms with van der Waals surface area (Å²) in [4.78, 5) is 10.7. The van der Waals surface area contributed by atoms with Gasteiger partial charge in [0.25, 0.3) is 5.69 Å². The van der Waals surface area contributed by atoms with Crippen LogP contribution in [0.4, 0.5) is 5.69 Å². The number of methoxy groups -OCH3 is 1. The monoisotopic (exact) mass is 329 g/mol. The number of rotatable bonds is 6. The van der Waals surface area contributed by atoms with Crippen LogP contribution in [-0.2, 0) is 6.54 Å². The summed E-state index contributed by atoms with van der Waals surface area (Å²) in [5, 5.41) is 15.2. The Kier molecular flexibility index (Phi) is 4.46. The van der Waals surface area contributed by atoms with Crippen molar-refractivity contribution >= 4 is 11.9 Å². The Bertz CT molecular complexity index is 791. The largest absolute Gasteiger partial charge is 0.496 e. The average Bonchev–Trinajstić information content (AvgIpc) is 3.05. The minimum absolute atomic E-state index is 0.0547. The van der Waals surface area contributed by atoms with E-state index in [0.717, 1.165) is 11.3 Å². The number of fused-ring (bicyclic) bond motifs is 1. The molecule has 0 atom stereocenters. The third-order valence-corrected chi connectivity index (χ3v) is 3.48. The second-order valence-electron chi connectivity index (χ2n) is 4.93. The number of nitrogens with one attached hydrogen (secondary N) is 1. The van der Waals surface area contributed by atoms with Crippen LogP contribution in [0.1, 0.15) is 11.1 Å². The normalized spacial score (nSPS) is 12.4. The van der Waals surface area contributed by atoms with E-state index in [4.69, 9.17) is 14.2 Å². The van der Waals surface area contributed by atoms with Gasteiger partial charge in [-0.25, -0.2) is 0 Å². The van der Waals surface area contributed by atoms with Gasteiger partial charge in [-0.15, -0.1) is 0 Å². The van der Waals surface area contributed by atoms with Gasteiger partial charge in [-0.1, -0.05) is 18.2 Å². The predicted molar refractivity (Wildman–Crippen MR) is 86.6 cm³/mol. The topological polar surface area (TPSA) is 95.2 Å². The second-order valence-corrected chi connectivity index (χ2v) is 4.93. The molecule has 8 heteroatoms. The van der Waals surface area contributed by atoms with Gasteiger partial charge >= 0.3 is 0 Å². The van der Waals surface area contributed by atoms with Crippen molar-refractivity contribution in [3.8, 4) is 17.2 Å². The lowest BCUT2D eigenvalue weighted by molar-refractivity contribution is -0.385. The zero-order valence-electron chi connectivity index (χ0n) is 12.9. The number of nitrogens with zero attached hydrogens (tertiary/aromatic N) is 2. The molecule has 1 aliphatic rings. The summed E-state index contributed by atoms with van der Waals surface area (Å²) >= 11 is 0. The molecule has 1 N–H and O–H groups in total. The lowest BCUT2D eigenvalue weighted by atomic mass is 10.1. The zero-order chi connectivity index (χ0) is 16.9. The first-order valence-corrected chi connectivity index (χ1v) is 7.15. The van der Waals surface area contributed by atoms with Crippen molar-refractivity contribution in [1.82, 2.24) is 5.43 Å². The van der Waals surface area contributed by atoms with Crippen molar-refractivity contribution in [1.29, 1.82) is 0 Å². The Hall–Kier alpha value is -3.29. The SMILES string of the molecule is COc1ccccc1CN/N=C\c1cc2c(cc1[N+](=O)[O-])OCO2. The Balaban J connectivity index is 1.74. The number of benzene rings is 2. The minimum Gasteiger partial charge on any atom is -0.496 e. The number of nitro benzene ring substituents is 1. The molecule has 2 aromatic rings. The smallest absolute Gasteiger partial charge is 0.282 e. The molecule has 0 aliphatic carbocycles. The van der Waals surface area contributed by atoms with E-state index in [1.165, 1.54) is 18.3 Å². The Morgan fingerprint density at radius 1 is 1.33 bits per heavy atom. The molecule has 0 bridgehead atoms. The van der Waals surface area contributed by atoms with Gasteiger partial charge in [0.15, 0.2) is 11.5 Å². The molecule has 24 heavy (non-hydrogen) atoms. The van der Waals surface area contributed by atoms with Gasteiger partial charge in [-0.05, 0) is 12.1 Å². The van der Waals surface area contributed by atoms with Crippen molar-refractivity contribution in [3.63, 3.8) is 0 Å². The average molecular weight is 329 g/mol. The van der Waals surface area contributed by atoms with Crippen molar-refractivity contribution in [2.45, 2.75) is 6.54 Å². The van der Waals surface area contributed by atoms with Gasteiger partial charge in [-0.3, -0.25) is 10.1 Å². The van der Waals surface area contributed by atoms with Crippen molar-refractivity contribution in [2.24, 2.45) is 5.10 Å². The van der Waals surface area contributed by atoms with Crippen LogP contribution >= 0.6 is 0 Å². The lowest BCUT2D eigenvalue weighted by Gasteiger charge is -2.07. The van der Waals surface area contributed by atoms with Crippen LogP contribution in [0.15, 0.2) is 41.5 Å². The standard InChI is InChI=1S/C16H15N3O5/c1-22-14-5-3-2-4-11(14)8-17-18-9-12-6-15-16(24-10-23-15)7-13(12)19(20)21/h2-7,9,17H,8,10H2,1H3/b18-9-. The highest BCUT2D eigenvalue weighted by Crippen LogP contribution is 2.37. The highest BCUT2D eigenvalue weighted by Gasteiger charge is 2.22. The van der Waals surface area contributed by atoms with Crippen LogP contribution in [-0.4, -0.2) is 25.0 Å². The van der Waals surface area contributed by atoms with Gasteiger partial charge in [0.1, 0.15) is 5.75 Å². The lowest BCUT2D eigenvalue weighted by Crippen LogP contribution is -2.07. The summed E-state index contributed by atoms with van der Waals surface area (Å²) in [5.74, 6) is 1.57. The summed E-state index contributed by atoms with van der Waals surface area (Å²) in [7, 11) is 1.60. The summed E-state index contributed by atoms with van der Waals surface area (Å²) in [5.41, 5.74) is 4.02. The maximum atomic E-state index is 11.2. The molecule has 3 rings (SSSR count). The molecule has 0 aromatic heterocycles. The van der Waals surface area contributed by atoms with E-state index in [1.807, 2.05) is 24.3 Å². The first-order valence-electron chi connectivity index (χ1n) is 7.15. The van der Waals surface area contributed by atoms with Gasteiger partial charge < -0.3 is 19.6 Å². The summed E-state index contributed by atoms with van der Waals surface area (Å²) in [6.07, 6.45) is 1.38. The first kappa shape index (κ1) is 15.6. The number of hydrogen-bond acceptors (Lipinski definition) is 7. The molecule has 2 aromatic carbocycles. The van der Waals surface area contributed by atoms with Gasteiger partial charge in [0.2, 0.25) is 6.79 Å². The number of nitro groups is 1. The first-order chi connectivity index (χ1) is 11.7. The Labute approximate surface area is 137 Å². The Morgan fingerprint density at radius 2 is 2.08 bits per heavy atom. The third kappa shape index (κ3) is 3.22. The fourth-order valence-corrected chi connectivity index (χ4v) is 2.30.